The van der Waals surface area contributed by atoms with Gasteiger partial charge >= 0.3 is 0 Å². The molecule has 0 spiro atoms. The third-order valence-electron chi connectivity index (χ3n) is 5.63. The van der Waals surface area contributed by atoms with Crippen molar-refractivity contribution >= 4 is 27.8 Å². The predicted octanol–water partition coefficient (Wildman–Crippen LogP) is 3.75. The summed E-state index contributed by atoms with van der Waals surface area (Å²) in [6, 6.07) is 10.1. The fourth-order valence-electron chi connectivity index (χ4n) is 4.33. The van der Waals surface area contributed by atoms with Gasteiger partial charge in [0.1, 0.15) is 23.9 Å². The highest BCUT2D eigenvalue weighted by Gasteiger charge is 2.25. The highest BCUT2D eigenvalue weighted by molar-refractivity contribution is 5.99. The summed E-state index contributed by atoms with van der Waals surface area (Å²) >= 11 is 0. The molecular formula is C24H29N7O. The zero-order valence-corrected chi connectivity index (χ0v) is 19.0. The second-order valence-electron chi connectivity index (χ2n) is 9.74. The van der Waals surface area contributed by atoms with Gasteiger partial charge in [0.2, 0.25) is 5.88 Å². The lowest BCUT2D eigenvalue weighted by atomic mass is 9.93. The second-order valence-corrected chi connectivity index (χ2v) is 9.74. The number of nitrogen functional groups attached to an aromatic ring is 1. The molecule has 2 N–H and O–H groups in total. The molecule has 0 radical (unpaired) electrons. The Bertz CT molecular complexity index is 1290. The summed E-state index contributed by atoms with van der Waals surface area (Å²) in [6.07, 6.45) is 4.06. The van der Waals surface area contributed by atoms with Crippen LogP contribution in [0.15, 0.2) is 36.7 Å². The highest BCUT2D eigenvalue weighted by Crippen LogP contribution is 2.34. The molecule has 5 rings (SSSR count). The largest absolute Gasteiger partial charge is 0.474 e. The average molecular weight is 432 g/mol. The number of nitrogens with two attached hydrogens (primary N) is 1. The first-order valence-electron chi connectivity index (χ1n) is 11.0. The Labute approximate surface area is 187 Å². The smallest absolute Gasteiger partial charge is 0.214 e. The first-order valence-corrected chi connectivity index (χ1v) is 11.0. The molecule has 8 heteroatoms. The van der Waals surface area contributed by atoms with Crippen LogP contribution in [0, 0.1) is 5.41 Å². The standard InChI is InChI=1S/C24H29N7O/c1-24(2,12-30(3)4)13-31-23-20(22(25)26-14-27-23)21(29-31)16-5-9-18-15(11-16)6-10-19(28-18)32-17-7-8-17/h5-6,9-11,14,17H,7-8,12-13H2,1-4H3,(H2,25,26,27). The molecule has 166 valence electrons. The van der Waals surface area contributed by atoms with E-state index in [-0.39, 0.29) is 5.41 Å². The highest BCUT2D eigenvalue weighted by atomic mass is 16.5. The predicted molar refractivity (Wildman–Crippen MR) is 126 cm³/mol. The van der Waals surface area contributed by atoms with Crippen molar-refractivity contribution in [2.45, 2.75) is 39.3 Å². The number of nitrogens with zero attached hydrogens (tertiary/aromatic N) is 6. The van der Waals surface area contributed by atoms with Gasteiger partial charge in [-0.25, -0.2) is 19.6 Å². The number of rotatable bonds is 7. The van der Waals surface area contributed by atoms with Crippen molar-refractivity contribution in [2.75, 3.05) is 26.4 Å². The molecule has 1 fully saturated rings. The molecule has 0 saturated heterocycles. The van der Waals surface area contributed by atoms with Crippen LogP contribution in [0.3, 0.4) is 0 Å². The summed E-state index contributed by atoms with van der Waals surface area (Å²) in [4.78, 5) is 15.6. The zero-order valence-electron chi connectivity index (χ0n) is 19.0. The summed E-state index contributed by atoms with van der Waals surface area (Å²) in [5.74, 6) is 1.12. The number of aromatic nitrogens is 5. The molecule has 1 saturated carbocycles. The SMILES string of the molecule is CN(C)CC(C)(C)Cn1nc(-c2ccc3nc(OC4CC4)ccc3c2)c2c(N)ncnc21. The van der Waals surface area contributed by atoms with E-state index in [2.05, 4.69) is 53.9 Å². The Balaban J connectivity index is 1.56. The summed E-state index contributed by atoms with van der Waals surface area (Å²) < 4.78 is 7.80. The van der Waals surface area contributed by atoms with Gasteiger partial charge in [-0.15, -0.1) is 0 Å². The van der Waals surface area contributed by atoms with Crippen molar-refractivity contribution in [3.05, 3.63) is 36.7 Å². The lowest BCUT2D eigenvalue weighted by molar-refractivity contribution is 0.206. The molecule has 0 unspecified atom stereocenters. The summed E-state index contributed by atoms with van der Waals surface area (Å²) in [6.45, 7) is 6.10. The van der Waals surface area contributed by atoms with E-state index in [1.807, 2.05) is 28.9 Å². The van der Waals surface area contributed by atoms with Crippen LogP contribution < -0.4 is 10.5 Å². The maximum absolute atomic E-state index is 6.30. The van der Waals surface area contributed by atoms with E-state index >= 15 is 0 Å². The third kappa shape index (κ3) is 4.10. The maximum atomic E-state index is 6.30. The van der Waals surface area contributed by atoms with Crippen LogP contribution >= 0.6 is 0 Å². The molecule has 0 amide bonds. The van der Waals surface area contributed by atoms with Gasteiger partial charge in [-0.3, -0.25) is 0 Å². The van der Waals surface area contributed by atoms with Crippen LogP contribution in [-0.4, -0.2) is 56.4 Å². The number of anilines is 1. The molecule has 3 aromatic heterocycles. The molecule has 1 aromatic carbocycles. The third-order valence-corrected chi connectivity index (χ3v) is 5.63. The van der Waals surface area contributed by atoms with E-state index in [4.69, 9.17) is 15.6 Å². The molecule has 0 bridgehead atoms. The quantitative estimate of drug-likeness (QED) is 0.476. The minimum Gasteiger partial charge on any atom is -0.474 e. The van der Waals surface area contributed by atoms with Gasteiger partial charge in [-0.2, -0.15) is 5.10 Å². The Morgan fingerprint density at radius 3 is 2.72 bits per heavy atom. The van der Waals surface area contributed by atoms with E-state index < -0.39 is 0 Å². The van der Waals surface area contributed by atoms with Crippen LogP contribution in [-0.2, 0) is 6.54 Å². The number of pyridine rings is 1. The Morgan fingerprint density at radius 2 is 1.97 bits per heavy atom. The van der Waals surface area contributed by atoms with Gasteiger partial charge < -0.3 is 15.4 Å². The number of fused-ring (bicyclic) bond motifs is 2. The molecular weight excluding hydrogens is 402 g/mol. The Hall–Kier alpha value is -3.26. The van der Waals surface area contributed by atoms with E-state index in [1.54, 1.807) is 0 Å². The van der Waals surface area contributed by atoms with Crippen molar-refractivity contribution in [1.82, 2.24) is 29.6 Å². The lowest BCUT2D eigenvalue weighted by Crippen LogP contribution is -2.32. The van der Waals surface area contributed by atoms with Gasteiger partial charge in [0.25, 0.3) is 0 Å². The maximum Gasteiger partial charge on any atom is 0.214 e. The van der Waals surface area contributed by atoms with Gasteiger partial charge in [-0.1, -0.05) is 19.9 Å². The fourth-order valence-corrected chi connectivity index (χ4v) is 4.33. The average Bonchev–Trinajstić information content (AvgIpc) is 3.46. The van der Waals surface area contributed by atoms with E-state index in [9.17, 15) is 0 Å². The minimum absolute atomic E-state index is 0.00466. The lowest BCUT2D eigenvalue weighted by Gasteiger charge is -2.28. The Kier molecular flexibility index (Phi) is 4.97. The van der Waals surface area contributed by atoms with E-state index in [0.717, 1.165) is 59.1 Å². The second kappa shape index (κ2) is 7.70. The van der Waals surface area contributed by atoms with Gasteiger partial charge in [0, 0.05) is 30.1 Å². The Morgan fingerprint density at radius 1 is 1.16 bits per heavy atom. The molecule has 8 nitrogen and oxygen atoms in total. The summed E-state index contributed by atoms with van der Waals surface area (Å²) in [5.41, 5.74) is 9.71. The first kappa shape index (κ1) is 20.6. The number of ether oxygens (including phenoxy) is 1. The molecule has 0 atom stereocenters. The molecule has 3 heterocycles. The van der Waals surface area contributed by atoms with Crippen LogP contribution in [0.4, 0.5) is 5.82 Å². The van der Waals surface area contributed by atoms with E-state index in [0.29, 0.717) is 17.8 Å². The van der Waals surface area contributed by atoms with Crippen LogP contribution in [0.5, 0.6) is 5.88 Å². The van der Waals surface area contributed by atoms with Gasteiger partial charge in [-0.05, 0) is 50.6 Å². The normalized spacial score (nSPS) is 14.5. The first-order chi connectivity index (χ1) is 15.3. The molecule has 32 heavy (non-hydrogen) atoms. The number of hydrogen-bond acceptors (Lipinski definition) is 7. The van der Waals surface area contributed by atoms with Crippen LogP contribution in [0.1, 0.15) is 26.7 Å². The number of hydrogen-bond donors (Lipinski definition) is 1. The van der Waals surface area contributed by atoms with Crippen LogP contribution in [0.2, 0.25) is 0 Å². The summed E-state index contributed by atoms with van der Waals surface area (Å²) in [5, 5.41) is 6.77. The van der Waals surface area contributed by atoms with E-state index in [1.165, 1.54) is 6.33 Å². The molecule has 0 aliphatic heterocycles. The van der Waals surface area contributed by atoms with Crippen molar-refractivity contribution in [3.63, 3.8) is 0 Å². The van der Waals surface area contributed by atoms with Crippen LogP contribution in [0.25, 0.3) is 33.2 Å². The van der Waals surface area contributed by atoms with Crippen molar-refractivity contribution in [1.29, 1.82) is 0 Å². The van der Waals surface area contributed by atoms with Crippen molar-refractivity contribution in [2.24, 2.45) is 5.41 Å². The van der Waals surface area contributed by atoms with Gasteiger partial charge in [0.05, 0.1) is 10.9 Å². The monoisotopic (exact) mass is 431 g/mol. The number of benzene rings is 1. The minimum atomic E-state index is 0.00466. The van der Waals surface area contributed by atoms with Crippen molar-refractivity contribution in [3.8, 4) is 17.1 Å². The molecule has 1 aliphatic rings. The van der Waals surface area contributed by atoms with Crippen molar-refractivity contribution < 1.29 is 4.74 Å². The summed E-state index contributed by atoms with van der Waals surface area (Å²) in [7, 11) is 4.16. The topological polar surface area (TPSA) is 95.0 Å². The van der Waals surface area contributed by atoms with Gasteiger partial charge in [0.15, 0.2) is 5.65 Å². The zero-order chi connectivity index (χ0) is 22.5. The molecule has 4 aromatic rings. The fraction of sp³-hybridized carbons (Fsp3) is 0.417. The molecule has 1 aliphatic carbocycles.